The number of aliphatic carboxylic acids is 2. The van der Waals surface area contributed by atoms with E-state index < -0.39 is 17.9 Å². The number of carboxylic acids is 3. The molecule has 4 N–H and O–H groups in total. The Morgan fingerprint density at radius 3 is 1.62 bits per heavy atom. The van der Waals surface area contributed by atoms with Crippen molar-refractivity contribution in [1.82, 2.24) is 5.32 Å². The molecule has 0 atom stereocenters. The number of carbonyl (C=O) groups excluding carboxylic acids is 1. The van der Waals surface area contributed by atoms with Gasteiger partial charge in [-0.15, -0.1) is 56.7 Å². The summed E-state index contributed by atoms with van der Waals surface area (Å²) in [5.41, 5.74) is 9.45. The number of hydrogen-bond acceptors (Lipinski definition) is 13. The van der Waals surface area contributed by atoms with Gasteiger partial charge in [0.1, 0.15) is 4.88 Å². The second-order valence-corrected chi connectivity index (χ2v) is 16.3. The van der Waals surface area contributed by atoms with Crippen molar-refractivity contribution in [3.8, 4) is 39.0 Å². The van der Waals surface area contributed by atoms with Crippen LogP contribution in [0.2, 0.25) is 0 Å². The number of nitrogens with zero attached hydrogens (tertiary/aromatic N) is 3. The molecule has 14 nitrogen and oxygen atoms in total. The summed E-state index contributed by atoms with van der Waals surface area (Å²) in [7, 11) is 0. The van der Waals surface area contributed by atoms with E-state index in [1.165, 1.54) is 51.4 Å². The third kappa shape index (κ3) is 11.3. The standard InChI is InChI=1S/C34H32N4O10S5/c35-38-37-8-10-47-12-14-48-13-11-46-9-7-36-33(43)25-5-1-21(49-25)27-15-19(17-29(39)40)31(52-27)23-3-4-24(51-23)32-20(18-30(41)42)16-28(53-32)22-2-6-26(50-22)34(44)45/h1-6,15-16H,7-14,17-18H2,(H,36,43)(H,39,40)(H,41,42)(H,44,45). The maximum absolute atomic E-state index is 12.8. The van der Waals surface area contributed by atoms with E-state index in [9.17, 15) is 34.5 Å². The van der Waals surface area contributed by atoms with Crippen LogP contribution in [0.15, 0.2) is 53.6 Å². The Morgan fingerprint density at radius 1 is 0.623 bits per heavy atom. The fourth-order valence-corrected chi connectivity index (χ4v) is 10.5. The van der Waals surface area contributed by atoms with E-state index in [2.05, 4.69) is 15.3 Å². The second-order valence-electron chi connectivity index (χ2n) is 10.9. The molecule has 0 saturated heterocycles. The van der Waals surface area contributed by atoms with Crippen LogP contribution in [-0.4, -0.2) is 91.9 Å². The summed E-state index contributed by atoms with van der Waals surface area (Å²) in [6.45, 7) is 2.70. The monoisotopic (exact) mass is 816 g/mol. The Balaban J connectivity index is 1.21. The molecule has 0 aromatic carbocycles. The SMILES string of the molecule is [N-]=[N+]=NCCOCCOCCOCCNC(=O)c1ccc(-c2cc(CC(=O)O)c(-c3ccc(-c4sc(-c5ccc(C(=O)O)s5)cc4CC(=O)O)s3)s2)s1. The molecule has 53 heavy (non-hydrogen) atoms. The number of amides is 1. The molecule has 0 saturated carbocycles. The number of hydrogen-bond donors (Lipinski definition) is 4. The first-order chi connectivity index (χ1) is 25.6. The maximum Gasteiger partial charge on any atom is 0.345 e. The van der Waals surface area contributed by atoms with E-state index in [-0.39, 0.29) is 30.2 Å². The molecule has 19 heteroatoms. The summed E-state index contributed by atoms with van der Waals surface area (Å²) >= 11 is 6.66. The van der Waals surface area contributed by atoms with Gasteiger partial charge in [0.05, 0.1) is 57.4 Å². The van der Waals surface area contributed by atoms with E-state index in [1.807, 2.05) is 24.3 Å². The molecule has 0 aliphatic heterocycles. The summed E-state index contributed by atoms with van der Waals surface area (Å²) < 4.78 is 16.1. The van der Waals surface area contributed by atoms with Crippen molar-refractivity contribution >= 4 is 80.5 Å². The summed E-state index contributed by atoms with van der Waals surface area (Å²) in [5, 5.41) is 34.9. The molecule has 5 rings (SSSR count). The Labute approximate surface area is 322 Å². The number of rotatable bonds is 22. The average Bonchev–Trinajstić information content (AvgIpc) is 3.95. The highest BCUT2D eigenvalue weighted by molar-refractivity contribution is 7.30. The van der Waals surface area contributed by atoms with Gasteiger partial charge in [-0.25, -0.2) is 4.79 Å². The Morgan fingerprint density at radius 2 is 1.11 bits per heavy atom. The van der Waals surface area contributed by atoms with Gasteiger partial charge in [-0.05, 0) is 65.2 Å². The van der Waals surface area contributed by atoms with Crippen molar-refractivity contribution in [2.75, 3.05) is 52.7 Å². The first-order valence-electron chi connectivity index (χ1n) is 15.9. The van der Waals surface area contributed by atoms with Crippen molar-refractivity contribution in [2.24, 2.45) is 5.11 Å². The molecule has 0 radical (unpaired) electrons. The summed E-state index contributed by atoms with van der Waals surface area (Å²) in [6, 6.07) is 14.2. The Kier molecular flexibility index (Phi) is 14.7. The molecule has 0 aliphatic rings. The van der Waals surface area contributed by atoms with Gasteiger partial charge < -0.3 is 34.8 Å². The highest BCUT2D eigenvalue weighted by Crippen LogP contribution is 2.48. The van der Waals surface area contributed by atoms with E-state index in [1.54, 1.807) is 18.2 Å². The quantitative estimate of drug-likeness (QED) is 0.0231. The van der Waals surface area contributed by atoms with E-state index in [4.69, 9.17) is 19.7 Å². The van der Waals surface area contributed by atoms with Gasteiger partial charge in [-0.3, -0.25) is 14.4 Å². The predicted molar refractivity (Wildman–Crippen MR) is 206 cm³/mol. The molecule has 5 heterocycles. The van der Waals surface area contributed by atoms with Gasteiger partial charge in [-0.1, -0.05) is 5.11 Å². The number of nitrogens with one attached hydrogen (secondary N) is 1. The minimum atomic E-state index is -1.03. The molecule has 278 valence electrons. The van der Waals surface area contributed by atoms with Gasteiger partial charge in [0.15, 0.2) is 0 Å². The lowest BCUT2D eigenvalue weighted by atomic mass is 10.1. The number of ether oxygens (including phenoxy) is 3. The van der Waals surface area contributed by atoms with E-state index in [0.29, 0.717) is 62.2 Å². The second kappa shape index (κ2) is 19.6. The molecule has 0 unspecified atom stereocenters. The van der Waals surface area contributed by atoms with Gasteiger partial charge in [0, 0.05) is 57.0 Å². The minimum Gasteiger partial charge on any atom is -0.481 e. The van der Waals surface area contributed by atoms with Crippen molar-refractivity contribution in [2.45, 2.75) is 12.8 Å². The molecular weight excluding hydrogens is 785 g/mol. The average molecular weight is 817 g/mol. The van der Waals surface area contributed by atoms with Gasteiger partial charge >= 0.3 is 17.9 Å². The zero-order valence-electron chi connectivity index (χ0n) is 27.8. The van der Waals surface area contributed by atoms with Crippen LogP contribution in [0.3, 0.4) is 0 Å². The highest BCUT2D eigenvalue weighted by atomic mass is 32.1. The smallest absolute Gasteiger partial charge is 0.345 e. The van der Waals surface area contributed by atoms with Crippen LogP contribution in [0.5, 0.6) is 0 Å². The third-order valence-electron chi connectivity index (χ3n) is 7.16. The number of carbonyl (C=O) groups is 4. The molecular formula is C34H32N4O10S5. The minimum absolute atomic E-state index is 0.190. The normalized spacial score (nSPS) is 11.0. The van der Waals surface area contributed by atoms with Crippen LogP contribution in [0.4, 0.5) is 0 Å². The van der Waals surface area contributed by atoms with Gasteiger partial charge in [0.25, 0.3) is 5.91 Å². The number of thiophene rings is 5. The lowest BCUT2D eigenvalue weighted by Crippen LogP contribution is -2.27. The Hall–Kier alpha value is -4.43. The fourth-order valence-electron chi connectivity index (χ4n) is 4.88. The Bertz CT molecular complexity index is 2110. The first-order valence-corrected chi connectivity index (χ1v) is 20.0. The van der Waals surface area contributed by atoms with Crippen LogP contribution >= 0.6 is 56.7 Å². The van der Waals surface area contributed by atoms with Gasteiger partial charge in [0.2, 0.25) is 0 Å². The summed E-state index contributed by atoms with van der Waals surface area (Å²) in [4.78, 5) is 57.5. The zero-order valence-corrected chi connectivity index (χ0v) is 31.9. The van der Waals surface area contributed by atoms with Crippen LogP contribution in [0.25, 0.3) is 49.5 Å². The van der Waals surface area contributed by atoms with Crippen LogP contribution in [0.1, 0.15) is 30.5 Å². The molecule has 5 aromatic heterocycles. The van der Waals surface area contributed by atoms with Crippen LogP contribution in [0, 0.1) is 0 Å². The molecule has 0 aliphatic carbocycles. The molecule has 0 spiro atoms. The lowest BCUT2D eigenvalue weighted by Gasteiger charge is -2.07. The molecule has 1 amide bonds. The van der Waals surface area contributed by atoms with Crippen molar-refractivity contribution in [1.29, 1.82) is 0 Å². The largest absolute Gasteiger partial charge is 0.481 e. The van der Waals surface area contributed by atoms with E-state index in [0.717, 1.165) is 50.4 Å². The first kappa shape index (κ1) is 39.8. The third-order valence-corrected chi connectivity index (χ3v) is 13.5. The van der Waals surface area contributed by atoms with Crippen molar-refractivity contribution in [3.05, 3.63) is 79.9 Å². The lowest BCUT2D eigenvalue weighted by molar-refractivity contribution is -0.137. The van der Waals surface area contributed by atoms with Crippen molar-refractivity contribution in [3.63, 3.8) is 0 Å². The summed E-state index contributed by atoms with van der Waals surface area (Å²) in [5.74, 6) is -3.25. The summed E-state index contributed by atoms with van der Waals surface area (Å²) in [6.07, 6.45) is -0.410. The molecule has 5 aromatic rings. The highest BCUT2D eigenvalue weighted by Gasteiger charge is 2.22. The predicted octanol–water partition coefficient (Wildman–Crippen LogP) is 7.70. The molecule has 0 bridgehead atoms. The van der Waals surface area contributed by atoms with Crippen LogP contribution in [-0.2, 0) is 36.6 Å². The van der Waals surface area contributed by atoms with E-state index >= 15 is 0 Å². The molecule has 0 fully saturated rings. The number of carboxylic acid groups (broad SMARTS) is 3. The number of aromatic carboxylic acids is 1. The fraction of sp³-hybridized carbons (Fsp3) is 0.294. The van der Waals surface area contributed by atoms with Crippen LogP contribution < -0.4 is 5.32 Å². The zero-order chi connectivity index (χ0) is 37.7. The van der Waals surface area contributed by atoms with Gasteiger partial charge in [-0.2, -0.15) is 0 Å². The number of azide groups is 1. The topological polar surface area (TPSA) is 217 Å². The maximum atomic E-state index is 12.8. The van der Waals surface area contributed by atoms with Crippen molar-refractivity contribution < 1.29 is 48.7 Å².